The second-order valence-corrected chi connectivity index (χ2v) is 4.82. The van der Waals surface area contributed by atoms with E-state index in [1.807, 2.05) is 31.2 Å². The molecule has 2 N–H and O–H groups in total. The lowest BCUT2D eigenvalue weighted by molar-refractivity contribution is 0.330. The van der Waals surface area contributed by atoms with Crippen LogP contribution in [0, 0.1) is 0 Å². The Morgan fingerprint density at radius 3 is 3.11 bits per heavy atom. The molecule has 0 bridgehead atoms. The first kappa shape index (κ1) is 12.2. The number of nitrogens with two attached hydrogens (primary N) is 1. The molecule has 19 heavy (non-hydrogen) atoms. The zero-order chi connectivity index (χ0) is 13.2. The Balaban J connectivity index is 1.81. The lowest BCUT2D eigenvalue weighted by Gasteiger charge is -2.03. The van der Waals surface area contributed by atoms with Crippen molar-refractivity contribution in [2.75, 3.05) is 6.61 Å². The summed E-state index contributed by atoms with van der Waals surface area (Å²) in [4.78, 5) is 4.44. The molecular weight excluding hydrogens is 242 g/mol. The molecule has 3 rings (SSSR count). The number of ether oxygens (including phenoxy) is 1. The Labute approximate surface area is 111 Å². The van der Waals surface area contributed by atoms with Gasteiger partial charge in [0.2, 0.25) is 5.89 Å². The van der Waals surface area contributed by atoms with Crippen LogP contribution in [-0.4, -0.2) is 22.8 Å². The Morgan fingerprint density at radius 1 is 1.42 bits per heavy atom. The molecule has 0 fully saturated rings. The number of hydrogen-bond donors (Lipinski definition) is 1. The minimum absolute atomic E-state index is 0.0616. The molecule has 0 amide bonds. The summed E-state index contributed by atoms with van der Waals surface area (Å²) in [5, 5.41) is 4.06. The molecule has 5 heteroatoms. The van der Waals surface area contributed by atoms with Gasteiger partial charge in [0.15, 0.2) is 5.82 Å². The van der Waals surface area contributed by atoms with E-state index in [0.717, 1.165) is 17.7 Å². The van der Waals surface area contributed by atoms with Crippen LogP contribution in [0.4, 0.5) is 0 Å². The van der Waals surface area contributed by atoms with Crippen molar-refractivity contribution in [3.8, 4) is 5.75 Å². The minimum atomic E-state index is 0.0616. The Kier molecular flexibility index (Phi) is 3.21. The first-order chi connectivity index (χ1) is 9.28. The Morgan fingerprint density at radius 2 is 2.26 bits per heavy atom. The van der Waals surface area contributed by atoms with E-state index in [0.29, 0.717) is 24.7 Å². The van der Waals surface area contributed by atoms with E-state index in [-0.39, 0.29) is 12.0 Å². The van der Waals surface area contributed by atoms with E-state index in [1.165, 1.54) is 0 Å². The molecule has 2 atom stereocenters. The second kappa shape index (κ2) is 5.01. The third kappa shape index (κ3) is 2.33. The average molecular weight is 259 g/mol. The van der Waals surface area contributed by atoms with Crippen LogP contribution in [0.3, 0.4) is 0 Å². The maximum absolute atomic E-state index is 5.89. The molecule has 1 aromatic heterocycles. The van der Waals surface area contributed by atoms with E-state index in [9.17, 15) is 0 Å². The number of aromatic nitrogens is 2. The molecule has 0 aliphatic carbocycles. The van der Waals surface area contributed by atoms with E-state index in [4.69, 9.17) is 15.0 Å². The molecule has 2 unspecified atom stereocenters. The average Bonchev–Trinajstić information content (AvgIpc) is 3.04. The Bertz CT molecular complexity index is 567. The molecule has 1 aromatic carbocycles. The maximum Gasteiger partial charge on any atom is 0.228 e. The highest BCUT2D eigenvalue weighted by Crippen LogP contribution is 2.36. The van der Waals surface area contributed by atoms with Crippen LogP contribution in [0.1, 0.15) is 36.5 Å². The standard InChI is InChI=1S/C14H17N3O2/c1-2-9(15)7-13-16-14(17-19-13)11-8-18-12-6-4-3-5-10(11)12/h3-6,9,11H,2,7-8,15H2,1H3. The van der Waals surface area contributed by atoms with E-state index in [1.54, 1.807) is 0 Å². The molecule has 1 aliphatic rings. The predicted molar refractivity (Wildman–Crippen MR) is 70.0 cm³/mol. The zero-order valence-electron chi connectivity index (χ0n) is 10.9. The molecule has 5 nitrogen and oxygen atoms in total. The van der Waals surface area contributed by atoms with Gasteiger partial charge < -0.3 is 15.0 Å². The summed E-state index contributed by atoms with van der Waals surface area (Å²) in [6.07, 6.45) is 1.52. The van der Waals surface area contributed by atoms with Crippen LogP contribution in [0.15, 0.2) is 28.8 Å². The van der Waals surface area contributed by atoms with Crippen molar-refractivity contribution >= 4 is 0 Å². The fourth-order valence-electron chi connectivity index (χ4n) is 2.24. The normalized spacial score (nSPS) is 18.9. The molecule has 1 aliphatic heterocycles. The van der Waals surface area contributed by atoms with Gasteiger partial charge in [-0.3, -0.25) is 0 Å². The molecular formula is C14H17N3O2. The summed E-state index contributed by atoms with van der Waals surface area (Å²) in [6.45, 7) is 2.61. The number of nitrogens with zero attached hydrogens (tertiary/aromatic N) is 2. The van der Waals surface area contributed by atoms with E-state index < -0.39 is 0 Å². The van der Waals surface area contributed by atoms with Crippen LogP contribution >= 0.6 is 0 Å². The first-order valence-corrected chi connectivity index (χ1v) is 6.57. The van der Waals surface area contributed by atoms with Crippen LogP contribution in [0.25, 0.3) is 0 Å². The van der Waals surface area contributed by atoms with Gasteiger partial charge in [-0.05, 0) is 12.5 Å². The minimum Gasteiger partial charge on any atom is -0.492 e. The van der Waals surface area contributed by atoms with Crippen LogP contribution < -0.4 is 10.5 Å². The summed E-state index contributed by atoms with van der Waals surface area (Å²) in [5.41, 5.74) is 7.01. The zero-order valence-corrected chi connectivity index (χ0v) is 10.9. The highest BCUT2D eigenvalue weighted by molar-refractivity contribution is 5.42. The lowest BCUT2D eigenvalue weighted by Crippen LogP contribution is -2.21. The van der Waals surface area contributed by atoms with Crippen molar-refractivity contribution in [1.29, 1.82) is 0 Å². The van der Waals surface area contributed by atoms with Gasteiger partial charge in [-0.1, -0.05) is 30.3 Å². The van der Waals surface area contributed by atoms with Crippen LogP contribution in [-0.2, 0) is 6.42 Å². The number of benzene rings is 1. The fourth-order valence-corrected chi connectivity index (χ4v) is 2.24. The molecule has 0 saturated carbocycles. The lowest BCUT2D eigenvalue weighted by atomic mass is 10.0. The van der Waals surface area contributed by atoms with Gasteiger partial charge in [-0.15, -0.1) is 0 Å². The Hall–Kier alpha value is -1.88. The van der Waals surface area contributed by atoms with E-state index in [2.05, 4.69) is 10.1 Å². The third-order valence-corrected chi connectivity index (χ3v) is 3.46. The van der Waals surface area contributed by atoms with Gasteiger partial charge in [0, 0.05) is 18.0 Å². The second-order valence-electron chi connectivity index (χ2n) is 4.82. The van der Waals surface area contributed by atoms with Crippen LogP contribution in [0.2, 0.25) is 0 Å². The summed E-state index contributed by atoms with van der Waals surface area (Å²) in [5.74, 6) is 2.26. The molecule has 2 aromatic rings. The predicted octanol–water partition coefficient (Wildman–Crippen LogP) is 1.87. The summed E-state index contributed by atoms with van der Waals surface area (Å²) < 4.78 is 10.9. The fraction of sp³-hybridized carbons (Fsp3) is 0.429. The van der Waals surface area contributed by atoms with Crippen molar-refractivity contribution in [1.82, 2.24) is 10.1 Å². The number of fused-ring (bicyclic) bond motifs is 1. The molecule has 100 valence electrons. The number of rotatable bonds is 4. The number of hydrogen-bond acceptors (Lipinski definition) is 5. The highest BCUT2D eigenvalue weighted by Gasteiger charge is 2.29. The van der Waals surface area contributed by atoms with Crippen molar-refractivity contribution in [3.05, 3.63) is 41.5 Å². The molecule has 0 saturated heterocycles. The third-order valence-electron chi connectivity index (χ3n) is 3.46. The van der Waals surface area contributed by atoms with Crippen molar-refractivity contribution in [2.45, 2.75) is 31.7 Å². The van der Waals surface area contributed by atoms with Gasteiger partial charge in [-0.25, -0.2) is 0 Å². The van der Waals surface area contributed by atoms with Crippen molar-refractivity contribution < 1.29 is 9.26 Å². The van der Waals surface area contributed by atoms with Crippen LogP contribution in [0.5, 0.6) is 5.75 Å². The topological polar surface area (TPSA) is 74.2 Å². The van der Waals surface area contributed by atoms with Crippen molar-refractivity contribution in [3.63, 3.8) is 0 Å². The smallest absolute Gasteiger partial charge is 0.228 e. The number of para-hydroxylation sites is 1. The largest absolute Gasteiger partial charge is 0.492 e. The summed E-state index contributed by atoms with van der Waals surface area (Å²) in [6, 6.07) is 8.03. The quantitative estimate of drug-likeness (QED) is 0.907. The van der Waals surface area contributed by atoms with Crippen molar-refractivity contribution in [2.24, 2.45) is 5.73 Å². The van der Waals surface area contributed by atoms with E-state index >= 15 is 0 Å². The molecule has 0 spiro atoms. The van der Waals surface area contributed by atoms with Gasteiger partial charge in [0.1, 0.15) is 12.4 Å². The monoisotopic (exact) mass is 259 g/mol. The SMILES string of the molecule is CCC(N)Cc1nc(C2COc3ccccc32)no1. The maximum atomic E-state index is 5.89. The van der Waals surface area contributed by atoms with Gasteiger partial charge >= 0.3 is 0 Å². The van der Waals surface area contributed by atoms with Gasteiger partial charge in [0.25, 0.3) is 0 Å². The molecule has 0 radical (unpaired) electrons. The highest BCUT2D eigenvalue weighted by atomic mass is 16.5. The molecule has 2 heterocycles. The van der Waals surface area contributed by atoms with Gasteiger partial charge in [-0.2, -0.15) is 4.98 Å². The van der Waals surface area contributed by atoms with Gasteiger partial charge in [0.05, 0.1) is 5.92 Å². The summed E-state index contributed by atoms with van der Waals surface area (Å²) in [7, 11) is 0. The summed E-state index contributed by atoms with van der Waals surface area (Å²) >= 11 is 0. The first-order valence-electron chi connectivity index (χ1n) is 6.57.